The fraction of sp³-hybridized carbons (Fsp3) is 0.455. The molecule has 0 saturated carbocycles. The maximum Gasteiger partial charge on any atom is 0.169 e. The molecule has 1 aliphatic rings. The Morgan fingerprint density at radius 2 is 2.29 bits per heavy atom. The topological polar surface area (TPSA) is 39.2 Å². The van der Waals surface area contributed by atoms with Gasteiger partial charge in [0.1, 0.15) is 5.76 Å². The summed E-state index contributed by atoms with van der Waals surface area (Å²) >= 11 is 3.29. The van der Waals surface area contributed by atoms with Gasteiger partial charge in [0.05, 0.1) is 0 Å². The minimum Gasteiger partial charge on any atom is -0.454 e. The van der Waals surface area contributed by atoms with Crippen molar-refractivity contribution in [3.63, 3.8) is 0 Å². The molecule has 14 heavy (non-hydrogen) atoms. The van der Waals surface area contributed by atoms with Gasteiger partial charge in [-0.15, -0.1) is 0 Å². The third kappa shape index (κ3) is 2.28. The molecule has 3 heteroatoms. The molecule has 0 fully saturated rings. The average molecular weight is 256 g/mol. The van der Waals surface area contributed by atoms with Crippen LogP contribution in [0.2, 0.25) is 0 Å². The van der Waals surface area contributed by atoms with Crippen LogP contribution in [-0.4, -0.2) is 5.54 Å². The second-order valence-corrected chi connectivity index (χ2v) is 4.74. The number of nitrogens with two attached hydrogens (primary N) is 1. The molecule has 1 heterocycles. The molecule has 76 valence electrons. The number of allylic oxidation sites excluding steroid dienone is 1. The summed E-state index contributed by atoms with van der Waals surface area (Å²) in [6.07, 6.45) is 8.26. The van der Waals surface area contributed by atoms with Crippen LogP contribution in [0.25, 0.3) is 0 Å². The van der Waals surface area contributed by atoms with Gasteiger partial charge in [-0.3, -0.25) is 0 Å². The third-order valence-electron chi connectivity index (χ3n) is 2.66. The number of furan rings is 1. The molecular formula is C11H14BrNO. The van der Waals surface area contributed by atoms with Gasteiger partial charge in [0.2, 0.25) is 0 Å². The quantitative estimate of drug-likeness (QED) is 0.826. The van der Waals surface area contributed by atoms with Crippen molar-refractivity contribution in [2.24, 2.45) is 5.73 Å². The molecule has 0 saturated heterocycles. The summed E-state index contributed by atoms with van der Waals surface area (Å²) in [5.74, 6) is 0.967. The summed E-state index contributed by atoms with van der Waals surface area (Å²) in [5, 5.41) is 0. The van der Waals surface area contributed by atoms with E-state index in [9.17, 15) is 0 Å². The van der Waals surface area contributed by atoms with Crippen LogP contribution in [0.4, 0.5) is 0 Å². The molecule has 1 atom stereocenters. The van der Waals surface area contributed by atoms with Crippen LogP contribution in [0.1, 0.15) is 25.0 Å². The van der Waals surface area contributed by atoms with Gasteiger partial charge in [-0.05, 0) is 47.3 Å². The first-order chi connectivity index (χ1) is 6.68. The van der Waals surface area contributed by atoms with Gasteiger partial charge >= 0.3 is 0 Å². The van der Waals surface area contributed by atoms with Crippen molar-refractivity contribution in [2.45, 2.75) is 31.2 Å². The number of rotatable bonds is 2. The molecule has 0 amide bonds. The summed E-state index contributed by atoms with van der Waals surface area (Å²) in [6.45, 7) is 0. The first-order valence-electron chi connectivity index (χ1n) is 4.86. The van der Waals surface area contributed by atoms with Gasteiger partial charge in [-0.2, -0.15) is 0 Å². The zero-order valence-corrected chi connectivity index (χ0v) is 9.59. The highest BCUT2D eigenvalue weighted by atomic mass is 79.9. The maximum absolute atomic E-state index is 6.27. The summed E-state index contributed by atoms with van der Waals surface area (Å²) in [5.41, 5.74) is 6.17. The number of halogens is 1. The van der Waals surface area contributed by atoms with E-state index in [0.717, 1.165) is 36.1 Å². The average Bonchev–Trinajstić information content (AvgIpc) is 2.51. The summed E-state index contributed by atoms with van der Waals surface area (Å²) in [7, 11) is 0. The number of hydrogen-bond acceptors (Lipinski definition) is 2. The minimum absolute atomic E-state index is 0.105. The molecule has 1 unspecified atom stereocenters. The van der Waals surface area contributed by atoms with Crippen LogP contribution in [0, 0.1) is 0 Å². The summed E-state index contributed by atoms with van der Waals surface area (Å²) in [6, 6.07) is 3.90. The highest BCUT2D eigenvalue weighted by Gasteiger charge is 2.26. The smallest absolute Gasteiger partial charge is 0.169 e. The van der Waals surface area contributed by atoms with Gasteiger partial charge < -0.3 is 10.2 Å². The largest absolute Gasteiger partial charge is 0.454 e. The van der Waals surface area contributed by atoms with E-state index in [-0.39, 0.29) is 5.54 Å². The lowest BCUT2D eigenvalue weighted by Crippen LogP contribution is -2.42. The Bertz CT molecular complexity index is 345. The van der Waals surface area contributed by atoms with Crippen LogP contribution in [0.3, 0.4) is 0 Å². The minimum atomic E-state index is -0.105. The van der Waals surface area contributed by atoms with Crippen molar-refractivity contribution < 1.29 is 4.42 Å². The third-order valence-corrected chi connectivity index (χ3v) is 3.08. The Morgan fingerprint density at radius 3 is 2.86 bits per heavy atom. The monoisotopic (exact) mass is 255 g/mol. The Hall–Kier alpha value is -0.540. The predicted molar refractivity (Wildman–Crippen MR) is 60.0 cm³/mol. The molecule has 0 aliphatic heterocycles. The molecule has 2 rings (SSSR count). The van der Waals surface area contributed by atoms with Crippen LogP contribution in [0.15, 0.2) is 33.4 Å². The Balaban J connectivity index is 2.06. The van der Waals surface area contributed by atoms with E-state index in [0.29, 0.717) is 0 Å². The van der Waals surface area contributed by atoms with E-state index in [4.69, 9.17) is 10.2 Å². The standard InChI is InChI=1S/C11H14BrNO/c12-10-5-4-9(14-10)8-11(13)6-2-1-3-7-11/h1-2,4-5H,3,6-8,13H2. The second kappa shape index (κ2) is 3.91. The molecule has 1 aromatic rings. The van der Waals surface area contributed by atoms with Crippen molar-refractivity contribution in [1.82, 2.24) is 0 Å². The van der Waals surface area contributed by atoms with Crippen molar-refractivity contribution in [1.29, 1.82) is 0 Å². The lowest BCUT2D eigenvalue weighted by molar-refractivity contribution is 0.347. The molecule has 0 radical (unpaired) electrons. The van der Waals surface area contributed by atoms with Crippen molar-refractivity contribution in [3.05, 3.63) is 34.7 Å². The van der Waals surface area contributed by atoms with E-state index >= 15 is 0 Å². The fourth-order valence-electron chi connectivity index (χ4n) is 1.86. The molecule has 2 N–H and O–H groups in total. The van der Waals surface area contributed by atoms with Crippen molar-refractivity contribution >= 4 is 15.9 Å². The van der Waals surface area contributed by atoms with E-state index in [2.05, 4.69) is 28.1 Å². The number of hydrogen-bond donors (Lipinski definition) is 1. The van der Waals surface area contributed by atoms with E-state index in [1.807, 2.05) is 12.1 Å². The zero-order chi connectivity index (χ0) is 10.0. The van der Waals surface area contributed by atoms with Gasteiger partial charge in [0.15, 0.2) is 4.67 Å². The van der Waals surface area contributed by atoms with Gasteiger partial charge in [-0.1, -0.05) is 12.2 Å². The molecule has 2 nitrogen and oxygen atoms in total. The summed E-state index contributed by atoms with van der Waals surface area (Å²) < 4.78 is 6.24. The molecular weight excluding hydrogens is 242 g/mol. The highest BCUT2D eigenvalue weighted by molar-refractivity contribution is 9.10. The lowest BCUT2D eigenvalue weighted by Gasteiger charge is -2.29. The SMILES string of the molecule is NC1(Cc2ccc(Br)o2)CC=CCC1. The maximum atomic E-state index is 6.27. The Labute approximate surface area is 92.3 Å². The van der Waals surface area contributed by atoms with E-state index in [1.165, 1.54) is 0 Å². The Morgan fingerprint density at radius 1 is 1.43 bits per heavy atom. The predicted octanol–water partition coefficient (Wildman–Crippen LogP) is 3.02. The van der Waals surface area contributed by atoms with Crippen molar-refractivity contribution in [2.75, 3.05) is 0 Å². The first kappa shape index (κ1) is 9.99. The van der Waals surface area contributed by atoms with Crippen LogP contribution in [-0.2, 0) is 6.42 Å². The Kier molecular flexibility index (Phi) is 2.79. The van der Waals surface area contributed by atoms with Gasteiger partial charge in [-0.25, -0.2) is 0 Å². The first-order valence-corrected chi connectivity index (χ1v) is 5.65. The normalized spacial score (nSPS) is 26.7. The highest BCUT2D eigenvalue weighted by Crippen LogP contribution is 2.26. The lowest BCUT2D eigenvalue weighted by atomic mass is 9.83. The molecule has 0 aromatic carbocycles. The molecule has 0 bridgehead atoms. The molecule has 1 aromatic heterocycles. The van der Waals surface area contributed by atoms with Crippen molar-refractivity contribution in [3.8, 4) is 0 Å². The van der Waals surface area contributed by atoms with Gasteiger partial charge in [0.25, 0.3) is 0 Å². The van der Waals surface area contributed by atoms with Crippen LogP contribution in [0.5, 0.6) is 0 Å². The van der Waals surface area contributed by atoms with E-state index < -0.39 is 0 Å². The zero-order valence-electron chi connectivity index (χ0n) is 8.00. The van der Waals surface area contributed by atoms with E-state index in [1.54, 1.807) is 0 Å². The second-order valence-electron chi connectivity index (χ2n) is 3.96. The van der Waals surface area contributed by atoms with Gasteiger partial charge in [0, 0.05) is 12.0 Å². The van der Waals surface area contributed by atoms with Crippen LogP contribution >= 0.6 is 15.9 Å². The summed E-state index contributed by atoms with van der Waals surface area (Å²) in [4.78, 5) is 0. The fourth-order valence-corrected chi connectivity index (χ4v) is 2.20. The molecule has 0 spiro atoms. The molecule has 1 aliphatic carbocycles. The van der Waals surface area contributed by atoms with Crippen LogP contribution < -0.4 is 5.73 Å².